The van der Waals surface area contributed by atoms with Gasteiger partial charge in [-0.25, -0.2) is 4.98 Å². The molecule has 0 bridgehead atoms. The highest BCUT2D eigenvalue weighted by Crippen LogP contribution is 2.37. The largest absolute Gasteiger partial charge is 0.451 e. The summed E-state index contributed by atoms with van der Waals surface area (Å²) in [6.07, 6.45) is 0.676. The Labute approximate surface area is 123 Å². The molecule has 1 aromatic carbocycles. The number of benzene rings is 1. The molecule has 4 rings (SSSR count). The quantitative estimate of drug-likeness (QED) is 0.600. The molecular weight excluding hydrogens is 295 g/mol. The Morgan fingerprint density at radius 2 is 2.00 bits per heavy atom. The van der Waals surface area contributed by atoms with Gasteiger partial charge in [0.05, 0.1) is 23.0 Å². The SMILES string of the molecule is O=c1c2ccccc2nc(C(F)(F)F)n1N1[C@@H]2CCC=C[C@@H]21. The number of fused-ring (bicyclic) bond motifs is 2. The fourth-order valence-corrected chi connectivity index (χ4v) is 3.11. The third-order valence-electron chi connectivity index (χ3n) is 4.15. The van der Waals surface area contributed by atoms with Gasteiger partial charge in [0.1, 0.15) is 0 Å². The Balaban J connectivity index is 1.98. The molecule has 0 spiro atoms. The maximum Gasteiger partial charge on any atom is 0.451 e. The van der Waals surface area contributed by atoms with E-state index in [2.05, 4.69) is 4.98 Å². The first-order valence-corrected chi connectivity index (χ1v) is 7.03. The highest BCUT2D eigenvalue weighted by molar-refractivity contribution is 5.77. The van der Waals surface area contributed by atoms with Gasteiger partial charge < -0.3 is 0 Å². The maximum absolute atomic E-state index is 13.4. The van der Waals surface area contributed by atoms with Crippen LogP contribution in [0.1, 0.15) is 18.7 Å². The van der Waals surface area contributed by atoms with Crippen molar-refractivity contribution >= 4 is 10.9 Å². The number of allylic oxidation sites excluding steroid dienone is 1. The van der Waals surface area contributed by atoms with Crippen LogP contribution in [-0.4, -0.2) is 21.7 Å². The van der Waals surface area contributed by atoms with Gasteiger partial charge in [-0.1, -0.05) is 24.3 Å². The van der Waals surface area contributed by atoms with Gasteiger partial charge in [0.25, 0.3) is 5.56 Å². The molecule has 22 heavy (non-hydrogen) atoms. The second-order valence-corrected chi connectivity index (χ2v) is 5.51. The van der Waals surface area contributed by atoms with Crippen LogP contribution in [0.3, 0.4) is 0 Å². The molecule has 1 aromatic heterocycles. The minimum Gasteiger partial charge on any atom is -0.294 e. The molecule has 1 fully saturated rings. The summed E-state index contributed by atoms with van der Waals surface area (Å²) in [6, 6.07) is 5.93. The summed E-state index contributed by atoms with van der Waals surface area (Å²) in [5.74, 6) is -1.15. The minimum absolute atomic E-state index is 0.0493. The molecule has 7 heteroatoms. The topological polar surface area (TPSA) is 37.9 Å². The van der Waals surface area contributed by atoms with Crippen LogP contribution in [-0.2, 0) is 6.18 Å². The van der Waals surface area contributed by atoms with E-state index in [1.807, 2.05) is 12.2 Å². The lowest BCUT2D eigenvalue weighted by molar-refractivity contribution is -0.147. The molecule has 0 unspecified atom stereocenters. The Bertz CT molecular complexity index is 840. The summed E-state index contributed by atoms with van der Waals surface area (Å²) in [5.41, 5.74) is -0.600. The van der Waals surface area contributed by atoms with Crippen LogP contribution in [0, 0.1) is 0 Å². The first-order chi connectivity index (χ1) is 10.5. The molecule has 114 valence electrons. The Morgan fingerprint density at radius 3 is 2.68 bits per heavy atom. The van der Waals surface area contributed by atoms with Gasteiger partial charge in [-0.15, -0.1) is 0 Å². The lowest BCUT2D eigenvalue weighted by Crippen LogP contribution is -2.37. The molecule has 2 atom stereocenters. The normalized spacial score (nSPS) is 23.7. The highest BCUT2D eigenvalue weighted by atomic mass is 19.4. The lowest BCUT2D eigenvalue weighted by Gasteiger charge is -2.17. The number of para-hydroxylation sites is 1. The molecule has 2 aromatic rings. The lowest BCUT2D eigenvalue weighted by atomic mass is 10.1. The van der Waals surface area contributed by atoms with Crippen molar-refractivity contribution in [2.75, 3.05) is 5.01 Å². The zero-order valence-electron chi connectivity index (χ0n) is 11.4. The number of alkyl halides is 3. The minimum atomic E-state index is -4.68. The van der Waals surface area contributed by atoms with Crippen LogP contribution in [0.4, 0.5) is 13.2 Å². The first kappa shape index (κ1) is 13.4. The molecule has 2 heterocycles. The number of nitrogens with zero attached hydrogens (tertiary/aromatic N) is 3. The smallest absolute Gasteiger partial charge is 0.294 e. The number of hydrogen-bond donors (Lipinski definition) is 0. The summed E-state index contributed by atoms with van der Waals surface area (Å²) >= 11 is 0. The van der Waals surface area contributed by atoms with Crippen molar-refractivity contribution in [1.82, 2.24) is 9.66 Å². The van der Waals surface area contributed by atoms with Crippen molar-refractivity contribution in [1.29, 1.82) is 0 Å². The Hall–Kier alpha value is -2.31. The monoisotopic (exact) mass is 307 g/mol. The van der Waals surface area contributed by atoms with E-state index in [0.29, 0.717) is 4.68 Å². The van der Waals surface area contributed by atoms with Crippen molar-refractivity contribution in [2.24, 2.45) is 0 Å². The van der Waals surface area contributed by atoms with Crippen LogP contribution in [0.25, 0.3) is 10.9 Å². The molecule has 1 aliphatic carbocycles. The molecule has 0 N–H and O–H groups in total. The fourth-order valence-electron chi connectivity index (χ4n) is 3.11. The average molecular weight is 307 g/mol. The fraction of sp³-hybridized carbons (Fsp3) is 0.333. The third kappa shape index (κ3) is 1.84. The zero-order valence-corrected chi connectivity index (χ0v) is 11.4. The van der Waals surface area contributed by atoms with Gasteiger partial charge in [-0.05, 0) is 25.0 Å². The molecule has 0 saturated carbocycles. The van der Waals surface area contributed by atoms with Gasteiger partial charge in [0.15, 0.2) is 0 Å². The molecule has 0 amide bonds. The molecule has 0 radical (unpaired) electrons. The zero-order chi connectivity index (χ0) is 15.5. The summed E-state index contributed by atoms with van der Waals surface area (Å²) in [5, 5.41) is 1.68. The second-order valence-electron chi connectivity index (χ2n) is 5.51. The van der Waals surface area contributed by atoms with E-state index in [1.165, 1.54) is 17.1 Å². The van der Waals surface area contributed by atoms with E-state index in [1.54, 1.807) is 12.1 Å². The number of halogens is 3. The van der Waals surface area contributed by atoms with Crippen molar-refractivity contribution < 1.29 is 13.2 Å². The molecule has 2 aliphatic rings. The number of aromatic nitrogens is 2. The maximum atomic E-state index is 13.4. The predicted molar refractivity (Wildman–Crippen MR) is 75.2 cm³/mol. The summed E-state index contributed by atoms with van der Waals surface area (Å²) in [7, 11) is 0. The standard InChI is InChI=1S/C15H12F3N3O/c16-15(17,18)14-19-10-6-2-1-5-9(10)13(22)21(14)20-11-7-3-4-8-12(11)20/h1-3,5-7,11-12H,4,8H2/t11-,12+,20?/m0/s1. The van der Waals surface area contributed by atoms with E-state index >= 15 is 0 Å². The Kier molecular flexibility index (Phi) is 2.64. The van der Waals surface area contributed by atoms with Crippen molar-refractivity contribution in [3.63, 3.8) is 0 Å². The highest BCUT2D eigenvalue weighted by Gasteiger charge is 2.51. The number of hydrogen-bond acceptors (Lipinski definition) is 3. The van der Waals surface area contributed by atoms with Gasteiger partial charge in [-0.2, -0.15) is 17.8 Å². The van der Waals surface area contributed by atoms with Gasteiger partial charge in [0.2, 0.25) is 5.82 Å². The van der Waals surface area contributed by atoms with E-state index in [-0.39, 0.29) is 23.0 Å². The molecule has 1 aliphatic heterocycles. The van der Waals surface area contributed by atoms with Crippen LogP contribution in [0.2, 0.25) is 0 Å². The van der Waals surface area contributed by atoms with E-state index < -0.39 is 17.6 Å². The van der Waals surface area contributed by atoms with Crippen LogP contribution < -0.4 is 10.6 Å². The second kappa shape index (κ2) is 4.34. The van der Waals surface area contributed by atoms with E-state index in [0.717, 1.165) is 12.8 Å². The van der Waals surface area contributed by atoms with Crippen molar-refractivity contribution in [3.8, 4) is 0 Å². The van der Waals surface area contributed by atoms with Crippen molar-refractivity contribution in [3.05, 3.63) is 52.6 Å². The summed E-state index contributed by atoms with van der Waals surface area (Å²) in [6.45, 7) is 0. The van der Waals surface area contributed by atoms with Crippen LogP contribution in [0.5, 0.6) is 0 Å². The first-order valence-electron chi connectivity index (χ1n) is 7.03. The van der Waals surface area contributed by atoms with Crippen LogP contribution in [0.15, 0.2) is 41.2 Å². The van der Waals surface area contributed by atoms with Gasteiger partial charge in [0, 0.05) is 0 Å². The summed E-state index contributed by atoms with van der Waals surface area (Å²) < 4.78 is 40.8. The van der Waals surface area contributed by atoms with Gasteiger partial charge in [-0.3, -0.25) is 9.80 Å². The number of rotatable bonds is 1. The van der Waals surface area contributed by atoms with Crippen LogP contribution >= 0.6 is 0 Å². The van der Waals surface area contributed by atoms with E-state index in [4.69, 9.17) is 0 Å². The average Bonchev–Trinajstić information content (AvgIpc) is 3.20. The summed E-state index contributed by atoms with van der Waals surface area (Å²) in [4.78, 5) is 16.3. The Morgan fingerprint density at radius 1 is 1.23 bits per heavy atom. The molecule has 4 nitrogen and oxygen atoms in total. The molecule has 1 saturated heterocycles. The third-order valence-corrected chi connectivity index (χ3v) is 4.15. The van der Waals surface area contributed by atoms with E-state index in [9.17, 15) is 18.0 Å². The molecular formula is C15H12F3N3O. The van der Waals surface area contributed by atoms with Gasteiger partial charge >= 0.3 is 6.18 Å². The predicted octanol–water partition coefficient (Wildman–Crippen LogP) is 2.45. The van der Waals surface area contributed by atoms with Crippen molar-refractivity contribution in [2.45, 2.75) is 31.1 Å².